The van der Waals surface area contributed by atoms with E-state index in [9.17, 15) is 14.7 Å². The fourth-order valence-electron chi connectivity index (χ4n) is 2.74. The van der Waals surface area contributed by atoms with Crippen LogP contribution in [0.3, 0.4) is 0 Å². The highest BCUT2D eigenvalue weighted by Crippen LogP contribution is 2.25. The molecular weight excluding hydrogens is 379 g/mol. The summed E-state index contributed by atoms with van der Waals surface area (Å²) in [6.07, 6.45) is -1.76. The number of amides is 1. The van der Waals surface area contributed by atoms with E-state index >= 15 is 0 Å². The third-order valence-electron chi connectivity index (χ3n) is 3.90. The Kier molecular flexibility index (Phi) is 6.34. The summed E-state index contributed by atoms with van der Waals surface area (Å²) in [4.78, 5) is 27.5. The minimum absolute atomic E-state index is 0.212. The SMILES string of the molecule is Cc1[nH]c(C(=O)O[C@@H](C)C(=O)Nc2cc(Cl)cc(Cl)c2)c(C)c1[C@@H](C)O. The maximum Gasteiger partial charge on any atom is 0.355 e. The minimum Gasteiger partial charge on any atom is -0.448 e. The number of aryl methyl sites for hydroxylation is 1. The molecule has 1 aromatic carbocycles. The van der Waals surface area contributed by atoms with Crippen LogP contribution < -0.4 is 5.32 Å². The van der Waals surface area contributed by atoms with Crippen LogP contribution in [-0.4, -0.2) is 28.1 Å². The first-order valence-corrected chi connectivity index (χ1v) is 8.70. The number of esters is 1. The molecule has 0 fully saturated rings. The Morgan fingerprint density at radius 2 is 1.73 bits per heavy atom. The summed E-state index contributed by atoms with van der Waals surface area (Å²) in [6.45, 7) is 6.54. The van der Waals surface area contributed by atoms with E-state index in [1.165, 1.54) is 25.1 Å². The van der Waals surface area contributed by atoms with Crippen LogP contribution >= 0.6 is 23.2 Å². The quantitative estimate of drug-likeness (QED) is 0.658. The fourth-order valence-corrected chi connectivity index (χ4v) is 3.26. The second-order valence-electron chi connectivity index (χ2n) is 6.03. The van der Waals surface area contributed by atoms with Gasteiger partial charge in [-0.05, 0) is 51.5 Å². The van der Waals surface area contributed by atoms with Gasteiger partial charge in [-0.1, -0.05) is 23.2 Å². The molecule has 6 nitrogen and oxygen atoms in total. The molecule has 3 N–H and O–H groups in total. The Balaban J connectivity index is 2.09. The van der Waals surface area contributed by atoms with Gasteiger partial charge in [-0.25, -0.2) is 4.79 Å². The molecule has 1 amide bonds. The lowest BCUT2D eigenvalue weighted by Crippen LogP contribution is -2.30. The second-order valence-corrected chi connectivity index (χ2v) is 6.91. The van der Waals surface area contributed by atoms with E-state index in [0.717, 1.165) is 0 Å². The molecule has 140 valence electrons. The number of aromatic nitrogens is 1. The number of aliphatic hydroxyl groups excluding tert-OH is 1. The summed E-state index contributed by atoms with van der Waals surface area (Å²) in [6, 6.07) is 4.61. The smallest absolute Gasteiger partial charge is 0.355 e. The van der Waals surface area contributed by atoms with E-state index in [-0.39, 0.29) is 5.69 Å². The number of aromatic amines is 1. The van der Waals surface area contributed by atoms with Gasteiger partial charge in [-0.3, -0.25) is 4.79 Å². The number of aliphatic hydroxyl groups is 1. The van der Waals surface area contributed by atoms with Crippen LogP contribution in [0.4, 0.5) is 5.69 Å². The highest BCUT2D eigenvalue weighted by atomic mass is 35.5. The number of carbonyl (C=O) groups excluding carboxylic acids is 2. The average molecular weight is 399 g/mol. The Morgan fingerprint density at radius 3 is 2.23 bits per heavy atom. The van der Waals surface area contributed by atoms with Crippen molar-refractivity contribution < 1.29 is 19.4 Å². The lowest BCUT2D eigenvalue weighted by atomic mass is 10.1. The molecule has 0 unspecified atom stereocenters. The van der Waals surface area contributed by atoms with Crippen molar-refractivity contribution in [1.82, 2.24) is 4.98 Å². The number of halogens is 2. The van der Waals surface area contributed by atoms with Crippen molar-refractivity contribution in [1.29, 1.82) is 0 Å². The van der Waals surface area contributed by atoms with Gasteiger partial charge in [0.15, 0.2) is 6.10 Å². The van der Waals surface area contributed by atoms with Crippen LogP contribution in [0.2, 0.25) is 10.0 Å². The van der Waals surface area contributed by atoms with Crippen molar-refractivity contribution in [3.05, 3.63) is 50.8 Å². The Morgan fingerprint density at radius 1 is 1.15 bits per heavy atom. The van der Waals surface area contributed by atoms with Gasteiger partial charge >= 0.3 is 5.97 Å². The van der Waals surface area contributed by atoms with Crippen molar-refractivity contribution in [2.45, 2.75) is 39.9 Å². The number of ether oxygens (including phenoxy) is 1. The Bertz CT molecular complexity index is 826. The van der Waals surface area contributed by atoms with Crippen molar-refractivity contribution in [2.75, 3.05) is 5.32 Å². The van der Waals surface area contributed by atoms with E-state index in [0.29, 0.717) is 32.6 Å². The number of anilines is 1. The molecule has 0 aliphatic heterocycles. The number of hydrogen-bond acceptors (Lipinski definition) is 4. The third kappa shape index (κ3) is 4.58. The van der Waals surface area contributed by atoms with Crippen molar-refractivity contribution in [3.63, 3.8) is 0 Å². The van der Waals surface area contributed by atoms with Crippen LogP contribution in [0.15, 0.2) is 18.2 Å². The molecule has 0 spiro atoms. The topological polar surface area (TPSA) is 91.4 Å². The molecule has 0 radical (unpaired) electrons. The van der Waals surface area contributed by atoms with Crippen molar-refractivity contribution in [3.8, 4) is 0 Å². The van der Waals surface area contributed by atoms with Crippen molar-refractivity contribution in [2.24, 2.45) is 0 Å². The fraction of sp³-hybridized carbons (Fsp3) is 0.333. The molecule has 0 aliphatic rings. The number of nitrogens with one attached hydrogen (secondary N) is 2. The van der Waals surface area contributed by atoms with Crippen molar-refractivity contribution >= 4 is 40.8 Å². The maximum absolute atomic E-state index is 12.4. The van der Waals surface area contributed by atoms with E-state index in [1.54, 1.807) is 20.8 Å². The first-order chi connectivity index (χ1) is 12.1. The average Bonchev–Trinajstić information content (AvgIpc) is 2.80. The van der Waals surface area contributed by atoms with Gasteiger partial charge in [0.05, 0.1) is 6.10 Å². The summed E-state index contributed by atoms with van der Waals surface area (Å²) in [5, 5.41) is 13.1. The third-order valence-corrected chi connectivity index (χ3v) is 4.34. The predicted molar refractivity (Wildman–Crippen MR) is 101 cm³/mol. The Labute approximate surface area is 161 Å². The summed E-state index contributed by atoms with van der Waals surface area (Å²) in [7, 11) is 0. The highest BCUT2D eigenvalue weighted by Gasteiger charge is 2.24. The molecule has 0 bridgehead atoms. The molecule has 26 heavy (non-hydrogen) atoms. The predicted octanol–water partition coefficient (Wildman–Crippen LogP) is 4.18. The molecule has 2 aromatic rings. The second kappa shape index (κ2) is 8.12. The molecule has 0 saturated heterocycles. The number of H-pyrrole nitrogens is 1. The van der Waals surface area contributed by atoms with Crippen LogP contribution in [0.1, 0.15) is 47.3 Å². The molecular formula is C18H20Cl2N2O4. The molecule has 2 rings (SSSR count). The van der Waals surface area contributed by atoms with Crippen LogP contribution in [0, 0.1) is 13.8 Å². The lowest BCUT2D eigenvalue weighted by Gasteiger charge is -2.14. The Hall–Kier alpha value is -2.02. The standard InChI is InChI=1S/C18H20Cl2N2O4/c1-8-15(10(3)23)9(2)21-16(8)18(25)26-11(4)17(24)22-14-6-12(19)5-13(20)7-14/h5-7,10-11,21,23H,1-4H3,(H,22,24)/t10-,11+/m1/s1. The largest absolute Gasteiger partial charge is 0.448 e. The zero-order valence-electron chi connectivity index (χ0n) is 14.8. The van der Waals surface area contributed by atoms with Gasteiger partial charge < -0.3 is 20.1 Å². The monoisotopic (exact) mass is 398 g/mol. The molecule has 2 atom stereocenters. The number of benzene rings is 1. The lowest BCUT2D eigenvalue weighted by molar-refractivity contribution is -0.123. The molecule has 1 aromatic heterocycles. The van der Waals surface area contributed by atoms with E-state index in [1.807, 2.05) is 0 Å². The van der Waals surface area contributed by atoms with Gasteiger partial charge in [0.1, 0.15) is 5.69 Å². The highest BCUT2D eigenvalue weighted by molar-refractivity contribution is 6.35. The maximum atomic E-state index is 12.4. The first kappa shape index (κ1) is 20.3. The number of rotatable bonds is 5. The summed E-state index contributed by atoms with van der Waals surface area (Å²) >= 11 is 11.8. The number of carbonyl (C=O) groups is 2. The van der Waals surface area contributed by atoms with E-state index < -0.39 is 24.1 Å². The molecule has 0 aliphatic carbocycles. The zero-order valence-corrected chi connectivity index (χ0v) is 16.3. The van der Waals surface area contributed by atoms with Gasteiger partial charge in [0.25, 0.3) is 5.91 Å². The summed E-state index contributed by atoms with van der Waals surface area (Å²) in [5.74, 6) is -1.20. The van der Waals surface area contributed by atoms with Crippen LogP contribution in [-0.2, 0) is 9.53 Å². The minimum atomic E-state index is -1.04. The molecule has 0 saturated carbocycles. The van der Waals surface area contributed by atoms with Gasteiger partial charge in [-0.15, -0.1) is 0 Å². The van der Waals surface area contributed by atoms with Gasteiger partial charge in [-0.2, -0.15) is 0 Å². The van der Waals surface area contributed by atoms with E-state index in [2.05, 4.69) is 10.3 Å². The molecule has 8 heteroatoms. The molecule has 1 heterocycles. The summed E-state index contributed by atoms with van der Waals surface area (Å²) in [5.41, 5.74) is 2.53. The van der Waals surface area contributed by atoms with Crippen LogP contribution in [0.5, 0.6) is 0 Å². The summed E-state index contributed by atoms with van der Waals surface area (Å²) < 4.78 is 5.23. The van der Waals surface area contributed by atoms with E-state index in [4.69, 9.17) is 27.9 Å². The normalized spacial score (nSPS) is 13.2. The van der Waals surface area contributed by atoms with Gasteiger partial charge in [0, 0.05) is 27.0 Å². The van der Waals surface area contributed by atoms with Crippen LogP contribution in [0.25, 0.3) is 0 Å². The van der Waals surface area contributed by atoms with Gasteiger partial charge in [0.2, 0.25) is 0 Å². The zero-order chi connectivity index (χ0) is 19.6. The first-order valence-electron chi connectivity index (χ1n) is 7.95. The number of hydrogen-bond donors (Lipinski definition) is 3.